The zero-order valence-corrected chi connectivity index (χ0v) is 12.8. The van der Waals surface area contributed by atoms with Crippen molar-refractivity contribution in [2.24, 2.45) is 0 Å². The van der Waals surface area contributed by atoms with Crippen LogP contribution in [0.5, 0.6) is 0 Å². The second kappa shape index (κ2) is 6.54. The summed E-state index contributed by atoms with van der Waals surface area (Å²) in [5.41, 5.74) is 1.63. The van der Waals surface area contributed by atoms with Gasteiger partial charge in [-0.25, -0.2) is 14.8 Å². The minimum Gasteiger partial charge on any atom is -0.463 e. The van der Waals surface area contributed by atoms with E-state index in [1.807, 2.05) is 31.2 Å². The van der Waals surface area contributed by atoms with Gasteiger partial charge in [0.05, 0.1) is 13.2 Å². The van der Waals surface area contributed by atoms with E-state index >= 15 is 0 Å². The molecule has 1 aromatic carbocycles. The lowest BCUT2D eigenvalue weighted by molar-refractivity contribution is 0.0586. The molecule has 1 atom stereocenters. The Bertz CT molecular complexity index is 661. The van der Waals surface area contributed by atoms with E-state index in [1.165, 1.54) is 7.11 Å². The Morgan fingerprint density at radius 2 is 2.05 bits per heavy atom. The van der Waals surface area contributed by atoms with Crippen LogP contribution in [0.2, 0.25) is 5.02 Å². The predicted molar refractivity (Wildman–Crippen MR) is 81.6 cm³/mol. The van der Waals surface area contributed by atoms with Crippen LogP contribution in [0, 0.1) is 6.92 Å². The molecule has 5 nitrogen and oxygen atoms in total. The molecular weight excluding hydrogens is 290 g/mol. The second-order valence-corrected chi connectivity index (χ2v) is 5.00. The van der Waals surface area contributed by atoms with E-state index < -0.39 is 5.97 Å². The first-order valence-electron chi connectivity index (χ1n) is 6.46. The first-order chi connectivity index (χ1) is 10.0. The number of hydrogen-bond donors (Lipinski definition) is 1. The van der Waals surface area contributed by atoms with E-state index in [1.54, 1.807) is 13.0 Å². The SMILES string of the molecule is COC(=O)c1nc(C)cc(NC(C)c2ccccc2Cl)n1. The fraction of sp³-hybridized carbons (Fsp3) is 0.267. The number of anilines is 1. The number of nitrogens with one attached hydrogen (secondary N) is 1. The van der Waals surface area contributed by atoms with E-state index in [-0.39, 0.29) is 11.9 Å². The van der Waals surface area contributed by atoms with Crippen molar-refractivity contribution < 1.29 is 9.53 Å². The standard InChI is InChI=1S/C15H16ClN3O2/c1-9-8-13(19-14(17-9)15(20)21-3)18-10(2)11-6-4-5-7-12(11)16/h4-8,10H,1-3H3,(H,17,18,19). The van der Waals surface area contributed by atoms with E-state index in [0.717, 1.165) is 5.56 Å². The third-order valence-corrected chi connectivity index (χ3v) is 3.30. The van der Waals surface area contributed by atoms with Gasteiger partial charge in [0.1, 0.15) is 5.82 Å². The fourth-order valence-corrected chi connectivity index (χ4v) is 2.25. The number of methoxy groups -OCH3 is 1. The van der Waals surface area contributed by atoms with Gasteiger partial charge in [-0.05, 0) is 25.5 Å². The number of rotatable bonds is 4. The number of benzene rings is 1. The fourth-order valence-electron chi connectivity index (χ4n) is 1.95. The van der Waals surface area contributed by atoms with Crippen molar-refractivity contribution >= 4 is 23.4 Å². The third-order valence-electron chi connectivity index (χ3n) is 2.96. The number of carbonyl (C=O) groups excluding carboxylic acids is 1. The highest BCUT2D eigenvalue weighted by Gasteiger charge is 2.14. The number of halogens is 1. The van der Waals surface area contributed by atoms with Gasteiger partial charge in [-0.15, -0.1) is 0 Å². The minimum atomic E-state index is -0.563. The van der Waals surface area contributed by atoms with Crippen molar-refractivity contribution in [3.63, 3.8) is 0 Å². The van der Waals surface area contributed by atoms with E-state index in [9.17, 15) is 4.79 Å². The zero-order valence-electron chi connectivity index (χ0n) is 12.1. The lowest BCUT2D eigenvalue weighted by Crippen LogP contribution is -2.13. The zero-order chi connectivity index (χ0) is 15.4. The largest absolute Gasteiger partial charge is 0.463 e. The van der Waals surface area contributed by atoms with Crippen LogP contribution in [0.25, 0.3) is 0 Å². The lowest BCUT2D eigenvalue weighted by Gasteiger charge is -2.16. The molecule has 1 heterocycles. The topological polar surface area (TPSA) is 64.1 Å². The molecule has 2 rings (SSSR count). The Morgan fingerprint density at radius 3 is 2.71 bits per heavy atom. The molecule has 0 saturated carbocycles. The molecule has 1 aromatic heterocycles. The maximum Gasteiger partial charge on any atom is 0.376 e. The molecule has 1 unspecified atom stereocenters. The number of nitrogens with zero attached hydrogens (tertiary/aromatic N) is 2. The maximum atomic E-state index is 11.5. The summed E-state index contributed by atoms with van der Waals surface area (Å²) in [7, 11) is 1.30. The van der Waals surface area contributed by atoms with Crippen LogP contribution in [0.3, 0.4) is 0 Å². The highest BCUT2D eigenvalue weighted by Crippen LogP contribution is 2.25. The number of aromatic nitrogens is 2. The number of hydrogen-bond acceptors (Lipinski definition) is 5. The summed E-state index contributed by atoms with van der Waals surface area (Å²) in [4.78, 5) is 19.7. The number of aryl methyl sites for hydroxylation is 1. The molecule has 0 saturated heterocycles. The van der Waals surface area contributed by atoms with Gasteiger partial charge >= 0.3 is 5.97 Å². The number of carbonyl (C=O) groups is 1. The van der Waals surface area contributed by atoms with Crippen molar-refractivity contribution in [3.05, 3.63) is 52.4 Å². The van der Waals surface area contributed by atoms with Gasteiger partial charge < -0.3 is 10.1 Å². The van der Waals surface area contributed by atoms with Gasteiger partial charge in [0, 0.05) is 16.8 Å². The molecule has 0 fully saturated rings. The van der Waals surface area contributed by atoms with Crippen molar-refractivity contribution in [3.8, 4) is 0 Å². The maximum absolute atomic E-state index is 11.5. The van der Waals surface area contributed by atoms with Crippen LogP contribution in [-0.2, 0) is 4.74 Å². The average Bonchev–Trinajstić information content (AvgIpc) is 2.46. The van der Waals surface area contributed by atoms with Crippen molar-refractivity contribution in [2.75, 3.05) is 12.4 Å². The molecule has 0 amide bonds. The van der Waals surface area contributed by atoms with E-state index in [2.05, 4.69) is 20.0 Å². The Morgan fingerprint density at radius 1 is 1.33 bits per heavy atom. The molecule has 0 aliphatic carbocycles. The van der Waals surface area contributed by atoms with Gasteiger partial charge in [0.25, 0.3) is 0 Å². The summed E-state index contributed by atoms with van der Waals surface area (Å²) in [6.45, 7) is 3.76. The second-order valence-electron chi connectivity index (χ2n) is 4.60. The summed E-state index contributed by atoms with van der Waals surface area (Å²) >= 11 is 6.17. The molecule has 1 N–H and O–H groups in total. The van der Waals surface area contributed by atoms with Gasteiger partial charge in [0.2, 0.25) is 5.82 Å². The third kappa shape index (κ3) is 3.70. The smallest absolute Gasteiger partial charge is 0.376 e. The van der Waals surface area contributed by atoms with Crippen LogP contribution in [0.15, 0.2) is 30.3 Å². The molecule has 0 aliphatic heterocycles. The molecule has 110 valence electrons. The highest BCUT2D eigenvalue weighted by atomic mass is 35.5. The first kappa shape index (κ1) is 15.3. The lowest BCUT2D eigenvalue weighted by atomic mass is 10.1. The molecular formula is C15H16ClN3O2. The molecule has 0 bridgehead atoms. The Kier molecular flexibility index (Phi) is 4.75. The van der Waals surface area contributed by atoms with Gasteiger partial charge in [-0.2, -0.15) is 0 Å². The predicted octanol–water partition coefficient (Wildman–Crippen LogP) is 3.40. The molecule has 2 aromatic rings. The monoisotopic (exact) mass is 305 g/mol. The summed E-state index contributed by atoms with van der Waals surface area (Å²) in [5.74, 6) is 0.0221. The minimum absolute atomic E-state index is 0.0337. The van der Waals surface area contributed by atoms with E-state index in [0.29, 0.717) is 16.5 Å². The Labute approximate surface area is 128 Å². The molecule has 0 aliphatic rings. The molecule has 0 spiro atoms. The normalized spacial score (nSPS) is 11.8. The summed E-state index contributed by atoms with van der Waals surface area (Å²) in [6, 6.07) is 9.28. The Balaban J connectivity index is 2.25. The quantitative estimate of drug-likeness (QED) is 0.877. The summed E-state index contributed by atoms with van der Waals surface area (Å²) in [6.07, 6.45) is 0. The average molecular weight is 306 g/mol. The highest BCUT2D eigenvalue weighted by molar-refractivity contribution is 6.31. The van der Waals surface area contributed by atoms with Crippen LogP contribution in [-0.4, -0.2) is 23.0 Å². The Hall–Kier alpha value is -2.14. The summed E-state index contributed by atoms with van der Waals surface area (Å²) in [5, 5.41) is 3.89. The van der Waals surface area contributed by atoms with Crippen LogP contribution in [0.1, 0.15) is 34.8 Å². The van der Waals surface area contributed by atoms with Crippen LogP contribution < -0.4 is 5.32 Å². The molecule has 0 radical (unpaired) electrons. The summed E-state index contributed by atoms with van der Waals surface area (Å²) < 4.78 is 4.64. The van der Waals surface area contributed by atoms with Gasteiger partial charge in [-0.3, -0.25) is 0 Å². The van der Waals surface area contributed by atoms with Gasteiger partial charge in [0.15, 0.2) is 0 Å². The van der Waals surface area contributed by atoms with Gasteiger partial charge in [-0.1, -0.05) is 29.8 Å². The van der Waals surface area contributed by atoms with E-state index in [4.69, 9.17) is 11.6 Å². The first-order valence-corrected chi connectivity index (χ1v) is 6.84. The molecule has 21 heavy (non-hydrogen) atoms. The number of esters is 1. The van der Waals surface area contributed by atoms with Crippen LogP contribution >= 0.6 is 11.6 Å². The van der Waals surface area contributed by atoms with Crippen molar-refractivity contribution in [1.29, 1.82) is 0 Å². The van der Waals surface area contributed by atoms with Crippen LogP contribution in [0.4, 0.5) is 5.82 Å². The number of ether oxygens (including phenoxy) is 1. The van der Waals surface area contributed by atoms with Crippen molar-refractivity contribution in [1.82, 2.24) is 9.97 Å². The van der Waals surface area contributed by atoms with Crippen molar-refractivity contribution in [2.45, 2.75) is 19.9 Å². The molecule has 6 heteroatoms.